The molecule has 3 nitrogen and oxygen atoms in total. The van der Waals surface area contributed by atoms with Gasteiger partial charge in [-0.3, -0.25) is 0 Å². The summed E-state index contributed by atoms with van der Waals surface area (Å²) in [4.78, 5) is 0. The maximum atomic E-state index is 5.97. The van der Waals surface area contributed by atoms with E-state index in [1.165, 1.54) is 11.1 Å². The van der Waals surface area contributed by atoms with Crippen LogP contribution >= 0.6 is 0 Å². The Hall–Kier alpha value is -0.900. The van der Waals surface area contributed by atoms with E-state index in [1.807, 2.05) is 6.92 Å². The van der Waals surface area contributed by atoms with Gasteiger partial charge in [0.2, 0.25) is 0 Å². The third kappa shape index (κ3) is 6.19. The summed E-state index contributed by atoms with van der Waals surface area (Å²) in [5.74, 6) is 0. The summed E-state index contributed by atoms with van der Waals surface area (Å²) in [5, 5.41) is 3.45. The quantitative estimate of drug-likeness (QED) is 0.696. The Kier molecular flexibility index (Phi) is 7.72. The van der Waals surface area contributed by atoms with Gasteiger partial charge in [-0.25, -0.2) is 0 Å². The van der Waals surface area contributed by atoms with Crippen molar-refractivity contribution in [2.24, 2.45) is 0 Å². The minimum atomic E-state index is 0.0871. The number of aryl methyl sites for hydroxylation is 1. The van der Waals surface area contributed by atoms with Gasteiger partial charge in [0.1, 0.15) is 0 Å². The lowest BCUT2D eigenvalue weighted by Gasteiger charge is -2.22. The summed E-state index contributed by atoms with van der Waals surface area (Å²) >= 11 is 0. The monoisotopic (exact) mass is 265 g/mol. The highest BCUT2D eigenvalue weighted by Crippen LogP contribution is 2.20. The Morgan fingerprint density at radius 1 is 1.16 bits per heavy atom. The molecule has 0 aliphatic carbocycles. The van der Waals surface area contributed by atoms with Gasteiger partial charge < -0.3 is 14.8 Å². The average molecular weight is 265 g/mol. The van der Waals surface area contributed by atoms with E-state index in [4.69, 9.17) is 9.47 Å². The van der Waals surface area contributed by atoms with E-state index >= 15 is 0 Å². The number of hydrogen-bond donors (Lipinski definition) is 1. The Bertz CT molecular complexity index is 352. The molecule has 1 aromatic rings. The number of ether oxygens (including phenoxy) is 2. The van der Waals surface area contributed by atoms with E-state index in [0.29, 0.717) is 19.3 Å². The van der Waals surface area contributed by atoms with Gasteiger partial charge >= 0.3 is 0 Å². The molecule has 0 fully saturated rings. The first-order valence-electron chi connectivity index (χ1n) is 7.13. The summed E-state index contributed by atoms with van der Waals surface area (Å²) in [6.45, 7) is 11.3. The highest BCUT2D eigenvalue weighted by Gasteiger charge is 2.14. The molecule has 1 atom stereocenters. The molecule has 0 heterocycles. The van der Waals surface area contributed by atoms with Crippen molar-refractivity contribution >= 4 is 0 Å². The maximum Gasteiger partial charge on any atom is 0.0953 e. The van der Waals surface area contributed by atoms with Crippen LogP contribution in [0.25, 0.3) is 0 Å². The zero-order valence-corrected chi connectivity index (χ0v) is 12.6. The van der Waals surface area contributed by atoms with Gasteiger partial charge in [-0.2, -0.15) is 0 Å². The van der Waals surface area contributed by atoms with Gasteiger partial charge in [-0.05, 0) is 25.0 Å². The number of benzene rings is 1. The normalized spacial score (nSPS) is 12.9. The van der Waals surface area contributed by atoms with Crippen molar-refractivity contribution < 1.29 is 9.47 Å². The topological polar surface area (TPSA) is 30.5 Å². The highest BCUT2D eigenvalue weighted by molar-refractivity contribution is 5.28. The van der Waals surface area contributed by atoms with Gasteiger partial charge in [0.05, 0.1) is 19.3 Å². The molecular formula is C16H27NO2. The number of hydrogen-bond acceptors (Lipinski definition) is 3. The lowest BCUT2D eigenvalue weighted by Crippen LogP contribution is -2.30. The van der Waals surface area contributed by atoms with E-state index in [-0.39, 0.29) is 6.10 Å². The predicted molar refractivity (Wildman–Crippen MR) is 79.5 cm³/mol. The fourth-order valence-corrected chi connectivity index (χ4v) is 1.94. The molecule has 108 valence electrons. The van der Waals surface area contributed by atoms with Crippen LogP contribution in [0.4, 0.5) is 0 Å². The molecule has 1 aromatic carbocycles. The first kappa shape index (κ1) is 16.2. The second kappa shape index (κ2) is 9.08. The predicted octanol–water partition coefficient (Wildman–Crippen LogP) is 3.09. The molecular weight excluding hydrogens is 238 g/mol. The fourth-order valence-electron chi connectivity index (χ4n) is 1.94. The maximum absolute atomic E-state index is 5.97. The Morgan fingerprint density at radius 3 is 2.53 bits per heavy atom. The van der Waals surface area contributed by atoms with Crippen LogP contribution in [-0.2, 0) is 9.47 Å². The van der Waals surface area contributed by atoms with Crippen LogP contribution in [-0.4, -0.2) is 32.4 Å². The fraction of sp³-hybridized carbons (Fsp3) is 0.625. The molecule has 0 spiro atoms. The summed E-state index contributed by atoms with van der Waals surface area (Å²) in [5.41, 5.74) is 2.53. The smallest absolute Gasteiger partial charge is 0.0953 e. The van der Waals surface area contributed by atoms with E-state index in [2.05, 4.69) is 50.4 Å². The Labute approximate surface area is 117 Å². The Balaban J connectivity index is 2.60. The molecule has 0 saturated heterocycles. The van der Waals surface area contributed by atoms with Gasteiger partial charge in [-0.1, -0.05) is 38.1 Å². The molecule has 3 heteroatoms. The highest BCUT2D eigenvalue weighted by atomic mass is 16.5. The van der Waals surface area contributed by atoms with E-state index in [0.717, 1.165) is 13.2 Å². The van der Waals surface area contributed by atoms with Crippen molar-refractivity contribution in [3.05, 3.63) is 35.4 Å². The van der Waals surface area contributed by atoms with Crippen molar-refractivity contribution in [2.45, 2.75) is 39.8 Å². The van der Waals surface area contributed by atoms with Crippen LogP contribution in [0, 0.1) is 6.92 Å². The number of nitrogens with one attached hydrogen (secondary N) is 1. The molecule has 0 saturated carbocycles. The first-order chi connectivity index (χ1) is 9.15. The van der Waals surface area contributed by atoms with E-state index in [1.54, 1.807) is 0 Å². The van der Waals surface area contributed by atoms with Crippen LogP contribution in [0.2, 0.25) is 0 Å². The molecule has 1 rings (SSSR count). The van der Waals surface area contributed by atoms with Gasteiger partial charge in [0.25, 0.3) is 0 Å². The standard InChI is InChI=1S/C16H27NO2/c1-5-18-10-11-19-16(12-17-13(2)3)15-9-7-6-8-14(15)4/h6-9,13,16-17H,5,10-12H2,1-4H3. The van der Waals surface area contributed by atoms with E-state index in [9.17, 15) is 0 Å². The van der Waals surface area contributed by atoms with Crippen LogP contribution in [0.3, 0.4) is 0 Å². The third-order valence-electron chi connectivity index (χ3n) is 3.00. The molecule has 1 N–H and O–H groups in total. The second-order valence-corrected chi connectivity index (χ2v) is 4.98. The Morgan fingerprint density at radius 2 is 1.89 bits per heavy atom. The average Bonchev–Trinajstić information content (AvgIpc) is 2.39. The molecule has 0 radical (unpaired) electrons. The largest absolute Gasteiger partial charge is 0.379 e. The van der Waals surface area contributed by atoms with Gasteiger partial charge in [-0.15, -0.1) is 0 Å². The van der Waals surface area contributed by atoms with Crippen molar-refractivity contribution in [3.63, 3.8) is 0 Å². The molecule has 1 unspecified atom stereocenters. The van der Waals surface area contributed by atoms with Crippen molar-refractivity contribution in [3.8, 4) is 0 Å². The minimum absolute atomic E-state index is 0.0871. The zero-order valence-electron chi connectivity index (χ0n) is 12.6. The van der Waals surface area contributed by atoms with Crippen molar-refractivity contribution in [2.75, 3.05) is 26.4 Å². The van der Waals surface area contributed by atoms with Crippen LogP contribution in [0.1, 0.15) is 38.0 Å². The minimum Gasteiger partial charge on any atom is -0.379 e. The molecule has 0 amide bonds. The van der Waals surface area contributed by atoms with Crippen LogP contribution < -0.4 is 5.32 Å². The first-order valence-corrected chi connectivity index (χ1v) is 7.13. The van der Waals surface area contributed by atoms with Crippen LogP contribution in [0.5, 0.6) is 0 Å². The lowest BCUT2D eigenvalue weighted by molar-refractivity contribution is 0.00592. The summed E-state index contributed by atoms with van der Waals surface area (Å²) in [7, 11) is 0. The molecule has 19 heavy (non-hydrogen) atoms. The van der Waals surface area contributed by atoms with Crippen molar-refractivity contribution in [1.82, 2.24) is 5.32 Å². The zero-order chi connectivity index (χ0) is 14.1. The third-order valence-corrected chi connectivity index (χ3v) is 3.00. The van der Waals surface area contributed by atoms with Gasteiger partial charge in [0.15, 0.2) is 0 Å². The molecule has 0 bridgehead atoms. The van der Waals surface area contributed by atoms with Crippen molar-refractivity contribution in [1.29, 1.82) is 0 Å². The second-order valence-electron chi connectivity index (χ2n) is 4.98. The lowest BCUT2D eigenvalue weighted by atomic mass is 10.0. The van der Waals surface area contributed by atoms with Crippen LogP contribution in [0.15, 0.2) is 24.3 Å². The van der Waals surface area contributed by atoms with E-state index < -0.39 is 0 Å². The number of rotatable bonds is 9. The summed E-state index contributed by atoms with van der Waals surface area (Å²) in [6.07, 6.45) is 0.0871. The SMILES string of the molecule is CCOCCOC(CNC(C)C)c1ccccc1C. The molecule has 0 aliphatic rings. The summed E-state index contributed by atoms with van der Waals surface area (Å²) in [6, 6.07) is 8.86. The molecule has 0 aliphatic heterocycles. The molecule has 0 aromatic heterocycles. The van der Waals surface area contributed by atoms with Gasteiger partial charge in [0, 0.05) is 19.2 Å². The summed E-state index contributed by atoms with van der Waals surface area (Å²) < 4.78 is 11.3.